The fourth-order valence-corrected chi connectivity index (χ4v) is 3.19. The van der Waals surface area contributed by atoms with E-state index < -0.39 is 17.5 Å². The number of aliphatic carboxylic acids is 1. The Morgan fingerprint density at radius 2 is 2.07 bits per heavy atom. The number of hydrogen-bond acceptors (Lipinski definition) is 3. The first-order valence-corrected chi connectivity index (χ1v) is 4.81. The molecule has 0 unspecified atom stereocenters. The zero-order valence-electron chi connectivity index (χ0n) is 9.04. The number of carbonyl (C=O) groups excluding carboxylic acids is 1. The Bertz CT molecular complexity index is 264. The molecule has 3 atom stereocenters. The van der Waals surface area contributed by atoms with Gasteiger partial charge in [-0.05, 0) is 30.6 Å². The van der Waals surface area contributed by atoms with Crippen molar-refractivity contribution in [2.24, 2.45) is 16.7 Å². The summed E-state index contributed by atoms with van der Waals surface area (Å²) in [5.41, 5.74) is -1.19. The van der Waals surface area contributed by atoms with E-state index in [0.29, 0.717) is 18.8 Å². The molecule has 0 aromatic rings. The van der Waals surface area contributed by atoms with Crippen LogP contribution in [-0.4, -0.2) is 17.2 Å². The number of aliphatic hydroxyl groups is 1. The summed E-state index contributed by atoms with van der Waals surface area (Å²) in [6.45, 7) is 3.90. The van der Waals surface area contributed by atoms with Crippen molar-refractivity contribution in [3.8, 4) is 0 Å². The van der Waals surface area contributed by atoms with Crippen LogP contribution < -0.4 is 56.5 Å². The maximum Gasteiger partial charge on any atom is 1.00 e. The smallest absolute Gasteiger partial charge is 0.549 e. The molecular weight excluding hydrogens is 207 g/mol. The van der Waals surface area contributed by atoms with E-state index in [2.05, 4.69) is 0 Å². The van der Waals surface area contributed by atoms with Crippen molar-refractivity contribution in [2.75, 3.05) is 0 Å². The van der Waals surface area contributed by atoms with Crippen molar-refractivity contribution in [1.82, 2.24) is 0 Å². The number of hydrogen-bond donors (Lipinski definition) is 1. The van der Waals surface area contributed by atoms with Gasteiger partial charge in [-0.2, -0.15) is 0 Å². The molecule has 0 aromatic heterocycles. The molecule has 1 N–H and O–H groups in total. The average Bonchev–Trinajstić information content (AvgIpc) is 2.53. The molecule has 0 amide bonds. The van der Waals surface area contributed by atoms with Crippen LogP contribution in [0.1, 0.15) is 33.1 Å². The molecule has 0 aliphatic heterocycles. The quantitative estimate of drug-likeness (QED) is 0.479. The van der Waals surface area contributed by atoms with Gasteiger partial charge >= 0.3 is 51.4 Å². The second kappa shape index (κ2) is 3.82. The summed E-state index contributed by atoms with van der Waals surface area (Å²) in [6.07, 6.45) is 1.37. The molecule has 3 nitrogen and oxygen atoms in total. The van der Waals surface area contributed by atoms with Gasteiger partial charge in [-0.25, -0.2) is 0 Å². The first kappa shape index (κ1) is 13.1. The summed E-state index contributed by atoms with van der Waals surface area (Å²) in [6, 6.07) is 0. The van der Waals surface area contributed by atoms with E-state index in [4.69, 9.17) is 0 Å². The number of carbonyl (C=O) groups is 1. The number of carboxylic acid groups (broad SMARTS) is 1. The Hall–Kier alpha value is 1.07. The number of rotatable bonds is 1. The number of fused-ring (bicyclic) bond motifs is 2. The largest absolute Gasteiger partial charge is 1.00 e. The van der Waals surface area contributed by atoms with Gasteiger partial charge in [0.2, 0.25) is 0 Å². The Morgan fingerprint density at radius 3 is 2.36 bits per heavy atom. The maximum atomic E-state index is 11.0. The van der Waals surface area contributed by atoms with Crippen molar-refractivity contribution >= 4 is 5.97 Å². The monoisotopic (exact) mass is 222 g/mol. The van der Waals surface area contributed by atoms with Gasteiger partial charge in [0.25, 0.3) is 0 Å². The Balaban J connectivity index is 0.000000980. The zero-order valence-corrected chi connectivity index (χ0v) is 12.2. The van der Waals surface area contributed by atoms with Crippen molar-refractivity contribution in [3.63, 3.8) is 0 Å². The summed E-state index contributed by atoms with van der Waals surface area (Å²) in [7, 11) is 0. The Kier molecular flexibility index (Phi) is 3.59. The molecule has 0 radical (unpaired) electrons. The van der Waals surface area contributed by atoms with Crippen LogP contribution in [0.5, 0.6) is 0 Å². The molecule has 2 fully saturated rings. The van der Waals surface area contributed by atoms with E-state index in [9.17, 15) is 15.0 Å². The summed E-state index contributed by atoms with van der Waals surface area (Å²) >= 11 is 0. The van der Waals surface area contributed by atoms with E-state index >= 15 is 0 Å². The summed E-state index contributed by atoms with van der Waals surface area (Å²) < 4.78 is 0. The zero-order chi connectivity index (χ0) is 9.85. The Labute approximate surface area is 127 Å². The number of carboxylic acids is 1. The minimum atomic E-state index is -1.06. The van der Waals surface area contributed by atoms with Gasteiger partial charge < -0.3 is 15.0 Å². The van der Waals surface area contributed by atoms with Gasteiger partial charge in [0.15, 0.2) is 0 Å². The first-order chi connectivity index (χ1) is 5.91. The van der Waals surface area contributed by atoms with Crippen LogP contribution in [0.3, 0.4) is 0 Å². The topological polar surface area (TPSA) is 60.4 Å². The van der Waals surface area contributed by atoms with Gasteiger partial charge in [0.05, 0.1) is 12.1 Å². The predicted octanol–water partition coefficient (Wildman–Crippen LogP) is -3.07. The van der Waals surface area contributed by atoms with Gasteiger partial charge in [0.1, 0.15) is 0 Å². The van der Waals surface area contributed by atoms with E-state index in [1.165, 1.54) is 0 Å². The van der Waals surface area contributed by atoms with Crippen LogP contribution in [0.15, 0.2) is 0 Å². The van der Waals surface area contributed by atoms with Crippen molar-refractivity contribution in [3.05, 3.63) is 0 Å². The molecule has 2 aliphatic carbocycles. The molecule has 0 heterocycles. The standard InChI is InChI=1S/C10H16O3.K/c1-9(2)6-3-4-10(5-6,7(9)11)8(12)13;/h6-7,11H,3-5H2,1-2H3,(H,12,13);/q;+1/p-1/t6-,7+,10-;/m1./s1. The van der Waals surface area contributed by atoms with Crippen molar-refractivity contribution in [1.29, 1.82) is 0 Å². The van der Waals surface area contributed by atoms with Crippen molar-refractivity contribution in [2.45, 2.75) is 39.2 Å². The molecule has 4 heteroatoms. The van der Waals surface area contributed by atoms with Crippen LogP contribution >= 0.6 is 0 Å². The molecule has 2 bridgehead atoms. The SMILES string of the molecule is CC1(C)[C@@H]2CC[C@@](C(=O)[O-])(C2)[C@H]1O.[K+]. The van der Waals surface area contributed by atoms with Gasteiger partial charge in [-0.3, -0.25) is 0 Å². The van der Waals surface area contributed by atoms with Gasteiger partial charge in [0, 0.05) is 5.41 Å². The van der Waals surface area contributed by atoms with Crippen LogP contribution in [-0.2, 0) is 4.79 Å². The molecular formula is C10H15KO3. The van der Waals surface area contributed by atoms with E-state index in [-0.39, 0.29) is 56.8 Å². The summed E-state index contributed by atoms with van der Waals surface area (Å²) in [5.74, 6) is -0.714. The van der Waals surface area contributed by atoms with Crippen LogP contribution in [0.25, 0.3) is 0 Å². The minimum Gasteiger partial charge on any atom is -0.549 e. The van der Waals surface area contributed by atoms with Crippen molar-refractivity contribution < 1.29 is 66.4 Å². The molecule has 74 valence electrons. The Morgan fingerprint density at radius 1 is 1.50 bits per heavy atom. The second-order valence-electron chi connectivity index (χ2n) is 5.11. The van der Waals surface area contributed by atoms with Crippen LogP contribution in [0, 0.1) is 16.7 Å². The van der Waals surface area contributed by atoms with Crippen LogP contribution in [0.2, 0.25) is 0 Å². The first-order valence-electron chi connectivity index (χ1n) is 4.81. The third-order valence-corrected chi connectivity index (χ3v) is 4.24. The molecule has 2 rings (SSSR count). The van der Waals surface area contributed by atoms with Crippen LogP contribution in [0.4, 0.5) is 0 Å². The molecule has 2 aliphatic rings. The molecule has 0 spiro atoms. The van der Waals surface area contributed by atoms with E-state index in [0.717, 1.165) is 6.42 Å². The average molecular weight is 222 g/mol. The molecule has 2 saturated carbocycles. The fraction of sp³-hybridized carbons (Fsp3) is 0.900. The normalized spacial score (nSPS) is 43.4. The molecule has 0 saturated heterocycles. The predicted molar refractivity (Wildman–Crippen MR) is 44.6 cm³/mol. The second-order valence-corrected chi connectivity index (χ2v) is 5.11. The third kappa shape index (κ3) is 1.46. The summed E-state index contributed by atoms with van der Waals surface area (Å²) in [5, 5.41) is 21.0. The third-order valence-electron chi connectivity index (χ3n) is 4.24. The number of aliphatic hydroxyl groups excluding tert-OH is 1. The maximum absolute atomic E-state index is 11.0. The summed E-state index contributed by atoms with van der Waals surface area (Å²) in [4.78, 5) is 11.0. The minimum absolute atomic E-state index is 0. The van der Waals surface area contributed by atoms with E-state index in [1.54, 1.807) is 0 Å². The van der Waals surface area contributed by atoms with Gasteiger partial charge in [-0.1, -0.05) is 13.8 Å². The molecule has 14 heavy (non-hydrogen) atoms. The van der Waals surface area contributed by atoms with E-state index in [1.807, 2.05) is 13.8 Å². The van der Waals surface area contributed by atoms with Gasteiger partial charge in [-0.15, -0.1) is 0 Å². The fourth-order valence-electron chi connectivity index (χ4n) is 3.19. The molecule has 0 aromatic carbocycles.